The molecule has 0 aromatic heterocycles. The lowest BCUT2D eigenvalue weighted by atomic mass is 9.62. The van der Waals surface area contributed by atoms with Crippen LogP contribution in [0.4, 0.5) is 0 Å². The summed E-state index contributed by atoms with van der Waals surface area (Å²) in [6.07, 6.45) is 3.66. The fourth-order valence-electron chi connectivity index (χ4n) is 5.04. The molecule has 3 saturated carbocycles. The number of rotatable bonds is 6. The summed E-state index contributed by atoms with van der Waals surface area (Å²) in [5.41, 5.74) is 0.935. The number of fused-ring (bicyclic) bond motifs is 3. The van der Waals surface area contributed by atoms with Gasteiger partial charge < -0.3 is 0 Å². The van der Waals surface area contributed by atoms with Crippen LogP contribution in [0.2, 0.25) is 25.7 Å². The number of benzene rings is 1. The number of Topliss-reactive ketones (excluding diaryl/α,β-unsaturated/α-hetero) is 1. The van der Waals surface area contributed by atoms with Crippen LogP contribution in [0.1, 0.15) is 32.1 Å². The highest BCUT2D eigenvalue weighted by Crippen LogP contribution is 2.53. The molecule has 142 valence electrons. The average molecular weight is 391 g/mol. The van der Waals surface area contributed by atoms with E-state index < -0.39 is 22.7 Å². The predicted molar refractivity (Wildman–Crippen MR) is 109 cm³/mol. The molecule has 0 radical (unpaired) electrons. The summed E-state index contributed by atoms with van der Waals surface area (Å²) in [5, 5.41) is 0. The summed E-state index contributed by atoms with van der Waals surface area (Å²) in [6, 6.07) is 9.42. The molecule has 1 aromatic rings. The van der Waals surface area contributed by atoms with Crippen LogP contribution < -0.4 is 0 Å². The first kappa shape index (κ1) is 19.6. The van der Waals surface area contributed by atoms with E-state index in [1.54, 1.807) is 24.3 Å². The van der Waals surface area contributed by atoms with Crippen LogP contribution in [0.5, 0.6) is 0 Å². The van der Waals surface area contributed by atoms with Gasteiger partial charge in [-0.15, -0.1) is 6.58 Å². The molecule has 1 aromatic carbocycles. The molecule has 2 bridgehead atoms. The van der Waals surface area contributed by atoms with E-state index in [1.165, 1.54) is 0 Å². The van der Waals surface area contributed by atoms with E-state index >= 15 is 0 Å². The predicted octanol–water partition coefficient (Wildman–Crippen LogP) is 4.87. The summed E-state index contributed by atoms with van der Waals surface area (Å²) in [5.74, 6) is -0.220. The van der Waals surface area contributed by atoms with E-state index in [-0.39, 0.29) is 22.5 Å². The minimum atomic E-state index is -3.75. The lowest BCUT2D eigenvalue weighted by molar-refractivity contribution is -0.133. The molecular formula is C21H30O3SSi. The number of hydrogen-bond acceptors (Lipinski definition) is 3. The van der Waals surface area contributed by atoms with Gasteiger partial charge in [-0.05, 0) is 56.2 Å². The van der Waals surface area contributed by atoms with E-state index in [9.17, 15) is 13.2 Å². The molecule has 0 aliphatic heterocycles. The van der Waals surface area contributed by atoms with E-state index in [0.29, 0.717) is 6.42 Å². The highest BCUT2D eigenvalue weighted by atomic mass is 32.2. The molecule has 26 heavy (non-hydrogen) atoms. The Morgan fingerprint density at radius 2 is 1.69 bits per heavy atom. The van der Waals surface area contributed by atoms with Crippen molar-refractivity contribution < 1.29 is 13.2 Å². The van der Waals surface area contributed by atoms with Gasteiger partial charge in [-0.2, -0.15) is 0 Å². The first-order valence-corrected chi connectivity index (χ1v) is 14.8. The zero-order chi connectivity index (χ0) is 19.2. The van der Waals surface area contributed by atoms with Crippen molar-refractivity contribution in [3.05, 3.63) is 42.5 Å². The molecule has 4 rings (SSSR count). The van der Waals surface area contributed by atoms with E-state index in [0.717, 1.165) is 37.3 Å². The molecule has 0 amide bonds. The fourth-order valence-corrected chi connectivity index (χ4v) is 9.10. The molecule has 3 aliphatic carbocycles. The maximum Gasteiger partial charge on any atom is 0.191 e. The Bertz CT molecular complexity index is 799. The van der Waals surface area contributed by atoms with Gasteiger partial charge in [0.15, 0.2) is 15.6 Å². The monoisotopic (exact) mass is 390 g/mol. The second kappa shape index (κ2) is 6.75. The Morgan fingerprint density at radius 3 is 2.19 bits per heavy atom. The molecule has 3 nitrogen and oxygen atoms in total. The van der Waals surface area contributed by atoms with Gasteiger partial charge in [0, 0.05) is 14.0 Å². The molecule has 5 heteroatoms. The molecule has 0 saturated heterocycles. The number of sulfone groups is 1. The minimum Gasteiger partial charge on any atom is -0.298 e. The standard InChI is InChI=1S/C21H30O3SSi/c1-16(15-26(2,3)4)14-21(18-12-10-17(11-13-18)20(21)22)25(23,24)19-8-6-5-7-9-19/h5-9,17-18H,1,10-15H2,2-4H3/t17?,18?,21-/m1/s1. The Hall–Kier alpha value is -1.20. The normalized spacial score (nSPS) is 29.0. The Morgan fingerprint density at radius 1 is 1.12 bits per heavy atom. The SMILES string of the molecule is C=C(C[C@]1(S(=O)(=O)c2ccccc2)C(=O)C2CCC1CC2)C[Si](C)(C)C. The van der Waals surface area contributed by atoms with Gasteiger partial charge in [-0.3, -0.25) is 4.79 Å². The second-order valence-electron chi connectivity index (χ2n) is 9.28. The fraction of sp³-hybridized carbons (Fsp3) is 0.571. The topological polar surface area (TPSA) is 51.2 Å². The molecule has 3 fully saturated rings. The van der Waals surface area contributed by atoms with Crippen LogP contribution in [0.3, 0.4) is 0 Å². The summed E-state index contributed by atoms with van der Waals surface area (Å²) in [4.78, 5) is 13.7. The van der Waals surface area contributed by atoms with Gasteiger partial charge in [-0.25, -0.2) is 8.42 Å². The first-order chi connectivity index (χ1) is 12.1. The second-order valence-corrected chi connectivity index (χ2v) is 17.0. The molecular weight excluding hydrogens is 360 g/mol. The summed E-state index contributed by atoms with van der Waals surface area (Å²) in [7, 11) is -5.17. The van der Waals surface area contributed by atoms with Crippen molar-refractivity contribution in [2.24, 2.45) is 11.8 Å². The summed E-state index contributed by atoms with van der Waals surface area (Å²) in [6.45, 7) is 11.0. The zero-order valence-corrected chi connectivity index (χ0v) is 17.9. The van der Waals surface area contributed by atoms with E-state index in [1.807, 2.05) is 6.07 Å². The Kier molecular flexibility index (Phi) is 5.08. The van der Waals surface area contributed by atoms with E-state index in [2.05, 4.69) is 26.2 Å². The number of carbonyl (C=O) groups excluding carboxylic acids is 1. The van der Waals surface area contributed by atoms with E-state index in [4.69, 9.17) is 0 Å². The first-order valence-electron chi connectivity index (χ1n) is 9.58. The maximum atomic E-state index is 13.8. The number of ketones is 1. The number of carbonyl (C=O) groups is 1. The van der Waals surface area contributed by atoms with Gasteiger partial charge in [0.25, 0.3) is 0 Å². The van der Waals surface area contributed by atoms with Crippen molar-refractivity contribution in [2.75, 3.05) is 0 Å². The van der Waals surface area contributed by atoms with Crippen molar-refractivity contribution in [1.29, 1.82) is 0 Å². The summed E-state index contributed by atoms with van der Waals surface area (Å²) >= 11 is 0. The van der Waals surface area contributed by atoms with Gasteiger partial charge in [-0.1, -0.05) is 43.4 Å². The summed E-state index contributed by atoms with van der Waals surface area (Å²) < 4.78 is 26.2. The van der Waals surface area contributed by atoms with Gasteiger partial charge in [0.2, 0.25) is 0 Å². The van der Waals surface area contributed by atoms with Crippen LogP contribution in [0.15, 0.2) is 47.4 Å². The van der Waals surface area contributed by atoms with Crippen molar-refractivity contribution in [1.82, 2.24) is 0 Å². The van der Waals surface area contributed by atoms with Crippen LogP contribution >= 0.6 is 0 Å². The van der Waals surface area contributed by atoms with Crippen molar-refractivity contribution in [2.45, 2.75) is 67.4 Å². The van der Waals surface area contributed by atoms with Crippen molar-refractivity contribution in [3.8, 4) is 0 Å². The quantitative estimate of drug-likeness (QED) is 0.514. The highest BCUT2D eigenvalue weighted by Gasteiger charge is 2.62. The maximum absolute atomic E-state index is 13.8. The lowest BCUT2D eigenvalue weighted by Crippen LogP contribution is -2.60. The van der Waals surface area contributed by atoms with Gasteiger partial charge >= 0.3 is 0 Å². The van der Waals surface area contributed by atoms with Gasteiger partial charge in [0.1, 0.15) is 4.75 Å². The van der Waals surface area contributed by atoms with Crippen LogP contribution in [-0.4, -0.2) is 27.0 Å². The van der Waals surface area contributed by atoms with Gasteiger partial charge in [0.05, 0.1) is 4.90 Å². The highest BCUT2D eigenvalue weighted by molar-refractivity contribution is 7.93. The molecule has 1 atom stereocenters. The smallest absolute Gasteiger partial charge is 0.191 e. The minimum absolute atomic E-state index is 0.0411. The third-order valence-electron chi connectivity index (χ3n) is 6.00. The van der Waals surface area contributed by atoms with Crippen molar-refractivity contribution in [3.63, 3.8) is 0 Å². The largest absolute Gasteiger partial charge is 0.298 e. The molecule has 3 aliphatic rings. The zero-order valence-electron chi connectivity index (χ0n) is 16.1. The molecule has 0 unspecified atom stereocenters. The van der Waals surface area contributed by atoms with Crippen LogP contribution in [0, 0.1) is 11.8 Å². The van der Waals surface area contributed by atoms with Crippen LogP contribution in [-0.2, 0) is 14.6 Å². The molecule has 0 N–H and O–H groups in total. The molecule has 0 spiro atoms. The Balaban J connectivity index is 2.09. The lowest BCUT2D eigenvalue weighted by Gasteiger charge is -2.50. The van der Waals surface area contributed by atoms with Crippen molar-refractivity contribution >= 4 is 23.7 Å². The third kappa shape index (κ3) is 3.24. The Labute approximate surface area is 158 Å². The average Bonchev–Trinajstić information content (AvgIpc) is 2.57. The third-order valence-corrected chi connectivity index (χ3v) is 10.1. The number of allylic oxidation sites excluding steroid dienone is 1. The number of hydrogen-bond donors (Lipinski definition) is 0. The molecule has 0 heterocycles. The van der Waals surface area contributed by atoms with Crippen LogP contribution in [0.25, 0.3) is 0 Å².